The van der Waals surface area contributed by atoms with Gasteiger partial charge in [-0.05, 0) is 12.1 Å². The molecule has 3 aromatic rings. The summed E-state index contributed by atoms with van der Waals surface area (Å²) in [6.07, 6.45) is 0. The van der Waals surface area contributed by atoms with Gasteiger partial charge in [0.1, 0.15) is 0 Å². The molecule has 7 heteroatoms. The average molecular weight is 288 g/mol. The van der Waals surface area contributed by atoms with E-state index in [2.05, 4.69) is 20.3 Å². The number of para-hydroxylation sites is 1. The van der Waals surface area contributed by atoms with Crippen LogP contribution in [0.3, 0.4) is 0 Å². The highest BCUT2D eigenvalue weighted by Gasteiger charge is 2.06. The van der Waals surface area contributed by atoms with Crippen LogP contribution in [-0.4, -0.2) is 22.1 Å². The highest BCUT2D eigenvalue weighted by atomic mass is 32.1. The minimum absolute atomic E-state index is 0.226. The number of aromatic amines is 1. The van der Waals surface area contributed by atoms with Crippen molar-refractivity contribution in [3.05, 3.63) is 46.4 Å². The fraction of sp³-hybridized carbons (Fsp3) is 0.154. The number of thiazole rings is 1. The van der Waals surface area contributed by atoms with Gasteiger partial charge in [0.2, 0.25) is 5.95 Å². The number of ether oxygens (including phenoxy) is 1. The van der Waals surface area contributed by atoms with Gasteiger partial charge in [-0.2, -0.15) is 0 Å². The summed E-state index contributed by atoms with van der Waals surface area (Å²) in [5.41, 5.74) is 1.26. The first-order valence-electron chi connectivity index (χ1n) is 5.96. The summed E-state index contributed by atoms with van der Waals surface area (Å²) in [7, 11) is 1.56. The van der Waals surface area contributed by atoms with E-state index in [0.717, 1.165) is 10.2 Å². The Bertz CT molecular complexity index is 763. The smallest absolute Gasteiger partial charge is 0.252 e. The van der Waals surface area contributed by atoms with E-state index in [1.807, 2.05) is 24.3 Å². The lowest BCUT2D eigenvalue weighted by Gasteiger charge is -2.03. The lowest BCUT2D eigenvalue weighted by Crippen LogP contribution is -2.12. The van der Waals surface area contributed by atoms with Gasteiger partial charge < -0.3 is 10.1 Å². The molecule has 0 atom stereocenters. The van der Waals surface area contributed by atoms with Crippen molar-refractivity contribution in [2.75, 3.05) is 12.4 Å². The number of H-pyrrole nitrogens is 1. The van der Waals surface area contributed by atoms with E-state index >= 15 is 0 Å². The molecule has 3 rings (SSSR count). The van der Waals surface area contributed by atoms with Crippen LogP contribution in [0.25, 0.3) is 10.2 Å². The van der Waals surface area contributed by atoms with Crippen LogP contribution in [0.4, 0.5) is 11.1 Å². The third-order valence-corrected chi connectivity index (χ3v) is 3.56. The minimum atomic E-state index is -0.226. The summed E-state index contributed by atoms with van der Waals surface area (Å²) in [6.45, 7) is 0.290. The van der Waals surface area contributed by atoms with Crippen LogP contribution in [0.15, 0.2) is 35.1 Å². The van der Waals surface area contributed by atoms with Crippen LogP contribution in [0.1, 0.15) is 5.69 Å². The van der Waals surface area contributed by atoms with Crippen molar-refractivity contribution in [1.82, 2.24) is 15.0 Å². The first-order chi connectivity index (χ1) is 9.74. The van der Waals surface area contributed by atoms with Gasteiger partial charge in [-0.15, -0.1) is 0 Å². The van der Waals surface area contributed by atoms with E-state index in [1.165, 1.54) is 17.4 Å². The molecule has 0 amide bonds. The molecular weight excluding hydrogens is 276 g/mol. The van der Waals surface area contributed by atoms with Crippen molar-refractivity contribution in [2.24, 2.45) is 0 Å². The fourth-order valence-electron chi connectivity index (χ4n) is 1.82. The third kappa shape index (κ3) is 2.68. The summed E-state index contributed by atoms with van der Waals surface area (Å²) in [5, 5.41) is 3.70. The number of anilines is 2. The number of hydrogen-bond acceptors (Lipinski definition) is 6. The molecule has 0 bridgehead atoms. The molecule has 102 valence electrons. The van der Waals surface area contributed by atoms with Crippen molar-refractivity contribution >= 4 is 32.6 Å². The Balaban J connectivity index is 1.92. The molecular formula is C13H12N4O2S. The fourth-order valence-corrected chi connectivity index (χ4v) is 2.68. The molecule has 2 N–H and O–H groups in total. The van der Waals surface area contributed by atoms with Crippen LogP contribution < -0.4 is 10.9 Å². The van der Waals surface area contributed by atoms with Crippen LogP contribution in [0.2, 0.25) is 0 Å². The lowest BCUT2D eigenvalue weighted by atomic mass is 10.3. The second kappa shape index (κ2) is 5.40. The molecule has 0 saturated heterocycles. The zero-order valence-corrected chi connectivity index (χ0v) is 11.5. The van der Waals surface area contributed by atoms with E-state index in [9.17, 15) is 4.79 Å². The maximum Gasteiger partial charge on any atom is 0.252 e. The van der Waals surface area contributed by atoms with Crippen LogP contribution >= 0.6 is 11.3 Å². The molecule has 1 aromatic carbocycles. The zero-order valence-electron chi connectivity index (χ0n) is 10.7. The van der Waals surface area contributed by atoms with Gasteiger partial charge in [-0.1, -0.05) is 23.5 Å². The first kappa shape index (κ1) is 12.8. The Morgan fingerprint density at radius 1 is 1.35 bits per heavy atom. The largest absolute Gasteiger partial charge is 0.378 e. The van der Waals surface area contributed by atoms with Gasteiger partial charge in [0.05, 0.1) is 22.5 Å². The van der Waals surface area contributed by atoms with Gasteiger partial charge in [-0.3, -0.25) is 9.78 Å². The van der Waals surface area contributed by atoms with Crippen molar-refractivity contribution in [3.8, 4) is 0 Å². The standard InChI is InChI=1S/C13H12N4O2S/c1-19-7-8-6-11(18)16-12(14-8)17-13-15-9-4-2-3-5-10(9)20-13/h2-6H,7H2,1H3,(H2,14,15,16,17,18). The maximum atomic E-state index is 11.5. The molecule has 0 aliphatic carbocycles. The normalized spacial score (nSPS) is 10.8. The summed E-state index contributed by atoms with van der Waals surface area (Å²) < 4.78 is 6.05. The third-order valence-electron chi connectivity index (χ3n) is 2.61. The van der Waals surface area contributed by atoms with Gasteiger partial charge in [0.25, 0.3) is 5.56 Å². The van der Waals surface area contributed by atoms with E-state index < -0.39 is 0 Å². The van der Waals surface area contributed by atoms with Gasteiger partial charge in [-0.25, -0.2) is 9.97 Å². The number of benzene rings is 1. The molecule has 0 aliphatic heterocycles. The second-order valence-electron chi connectivity index (χ2n) is 4.13. The predicted octanol–water partition coefficient (Wildman–Crippen LogP) is 2.27. The monoisotopic (exact) mass is 288 g/mol. The Morgan fingerprint density at radius 3 is 3.00 bits per heavy atom. The highest BCUT2D eigenvalue weighted by molar-refractivity contribution is 7.22. The zero-order chi connectivity index (χ0) is 13.9. The molecule has 20 heavy (non-hydrogen) atoms. The number of methoxy groups -OCH3 is 1. The number of aromatic nitrogens is 3. The molecule has 0 fully saturated rings. The highest BCUT2D eigenvalue weighted by Crippen LogP contribution is 2.26. The summed E-state index contributed by atoms with van der Waals surface area (Å²) >= 11 is 1.50. The summed E-state index contributed by atoms with van der Waals surface area (Å²) in [6, 6.07) is 9.24. The maximum absolute atomic E-state index is 11.5. The number of nitrogens with zero attached hydrogens (tertiary/aromatic N) is 2. The molecule has 6 nitrogen and oxygen atoms in total. The number of rotatable bonds is 4. The molecule has 2 heterocycles. The Kier molecular flexibility index (Phi) is 3.44. The van der Waals surface area contributed by atoms with Gasteiger partial charge in [0, 0.05) is 13.2 Å². The van der Waals surface area contributed by atoms with E-state index in [-0.39, 0.29) is 5.56 Å². The summed E-state index contributed by atoms with van der Waals surface area (Å²) in [4.78, 5) is 22.9. The number of fused-ring (bicyclic) bond motifs is 1. The molecule has 0 radical (unpaired) electrons. The van der Waals surface area contributed by atoms with Gasteiger partial charge in [0.15, 0.2) is 5.13 Å². The van der Waals surface area contributed by atoms with Crippen molar-refractivity contribution < 1.29 is 4.74 Å². The quantitative estimate of drug-likeness (QED) is 0.770. The summed E-state index contributed by atoms with van der Waals surface area (Å²) in [5.74, 6) is 0.364. The number of hydrogen-bond donors (Lipinski definition) is 2. The van der Waals surface area contributed by atoms with Gasteiger partial charge >= 0.3 is 0 Å². The van der Waals surface area contributed by atoms with E-state index in [0.29, 0.717) is 23.4 Å². The van der Waals surface area contributed by atoms with Crippen LogP contribution in [0.5, 0.6) is 0 Å². The molecule has 0 saturated carbocycles. The Hall–Kier alpha value is -2.25. The molecule has 0 unspecified atom stereocenters. The first-order valence-corrected chi connectivity index (χ1v) is 6.78. The molecule has 2 aromatic heterocycles. The molecule has 0 aliphatic rings. The van der Waals surface area contributed by atoms with Crippen LogP contribution in [0, 0.1) is 0 Å². The Labute approximate surface area is 118 Å². The SMILES string of the molecule is COCc1cc(=O)[nH]c(Nc2nc3ccccc3s2)n1. The predicted molar refractivity (Wildman–Crippen MR) is 78.5 cm³/mol. The lowest BCUT2D eigenvalue weighted by molar-refractivity contribution is 0.181. The van der Waals surface area contributed by atoms with E-state index in [1.54, 1.807) is 7.11 Å². The van der Waals surface area contributed by atoms with Crippen molar-refractivity contribution in [2.45, 2.75) is 6.61 Å². The number of nitrogens with one attached hydrogen (secondary N) is 2. The van der Waals surface area contributed by atoms with Crippen LogP contribution in [-0.2, 0) is 11.3 Å². The van der Waals surface area contributed by atoms with E-state index in [4.69, 9.17) is 4.74 Å². The Morgan fingerprint density at radius 2 is 2.20 bits per heavy atom. The van der Waals surface area contributed by atoms with Crippen molar-refractivity contribution in [3.63, 3.8) is 0 Å². The topological polar surface area (TPSA) is 79.9 Å². The average Bonchev–Trinajstić information content (AvgIpc) is 2.80. The minimum Gasteiger partial charge on any atom is -0.378 e. The second-order valence-corrected chi connectivity index (χ2v) is 5.16. The van der Waals surface area contributed by atoms with Crippen molar-refractivity contribution in [1.29, 1.82) is 0 Å². The molecule has 0 spiro atoms.